The zero-order chi connectivity index (χ0) is 9.61. The van der Waals surface area contributed by atoms with Gasteiger partial charge in [0.05, 0.1) is 12.4 Å². The van der Waals surface area contributed by atoms with Crippen LogP contribution in [0.1, 0.15) is 0 Å². The molecule has 0 spiro atoms. The molecule has 0 aromatic carbocycles. The van der Waals surface area contributed by atoms with E-state index in [1.165, 1.54) is 18.4 Å². The first-order chi connectivity index (χ1) is 5.50. The topological polar surface area (TPSA) is 69.6 Å². The van der Waals surface area contributed by atoms with Gasteiger partial charge in [-0.3, -0.25) is 0 Å². The largest absolute Gasteiger partial charge is 0.395 e. The van der Waals surface area contributed by atoms with E-state index in [1.54, 1.807) is 0 Å². The molecule has 0 aliphatic carbocycles. The fourth-order valence-electron chi connectivity index (χ4n) is 0.588. The average Bonchev–Trinajstić information content (AvgIpc) is 1.98. The lowest BCUT2D eigenvalue weighted by Crippen LogP contribution is -2.32. The summed E-state index contributed by atoms with van der Waals surface area (Å²) in [4.78, 5) is 0. The second kappa shape index (κ2) is 5.47. The van der Waals surface area contributed by atoms with E-state index in [2.05, 4.69) is 5.32 Å². The summed E-state index contributed by atoms with van der Waals surface area (Å²) in [6.45, 7) is 0.839. The molecule has 0 amide bonds. The van der Waals surface area contributed by atoms with Crippen LogP contribution in [0.15, 0.2) is 0 Å². The zero-order valence-corrected chi connectivity index (χ0v) is 8.26. The molecule has 12 heavy (non-hydrogen) atoms. The summed E-state index contributed by atoms with van der Waals surface area (Å²) in [6, 6.07) is 0. The van der Waals surface area contributed by atoms with Crippen molar-refractivity contribution in [2.24, 2.45) is 0 Å². The molecule has 0 rings (SSSR count). The predicted octanol–water partition coefficient (Wildman–Crippen LogP) is -1.54. The number of aliphatic hydroxyl groups is 1. The molecule has 0 aromatic rings. The van der Waals surface area contributed by atoms with Gasteiger partial charge in [0.25, 0.3) is 0 Å². The van der Waals surface area contributed by atoms with Crippen LogP contribution in [0.25, 0.3) is 0 Å². The average molecular weight is 196 g/mol. The van der Waals surface area contributed by atoms with E-state index in [0.717, 1.165) is 0 Å². The van der Waals surface area contributed by atoms with E-state index in [4.69, 9.17) is 5.11 Å². The molecule has 2 N–H and O–H groups in total. The fraction of sp³-hybridized carbons (Fsp3) is 1.00. The first kappa shape index (κ1) is 11.8. The Labute approximate surface area is 73.4 Å². The van der Waals surface area contributed by atoms with Crippen molar-refractivity contribution in [1.82, 2.24) is 9.62 Å². The molecule has 0 aliphatic rings. The van der Waals surface area contributed by atoms with Crippen molar-refractivity contribution in [2.45, 2.75) is 0 Å². The van der Waals surface area contributed by atoms with Gasteiger partial charge < -0.3 is 10.4 Å². The normalized spacial score (nSPS) is 12.3. The lowest BCUT2D eigenvalue weighted by Gasteiger charge is -2.10. The standard InChI is InChI=1S/C6H16N2O3S/c1-8(2)12(10,11)6-4-7-3-5-9/h7,9H,3-6H2,1-2H3. The molecule has 0 heterocycles. The Morgan fingerprint density at radius 2 is 1.92 bits per heavy atom. The van der Waals surface area contributed by atoms with E-state index in [9.17, 15) is 8.42 Å². The number of aliphatic hydroxyl groups excluding tert-OH is 1. The van der Waals surface area contributed by atoms with Crippen molar-refractivity contribution in [3.63, 3.8) is 0 Å². The highest BCUT2D eigenvalue weighted by molar-refractivity contribution is 7.89. The van der Waals surface area contributed by atoms with Gasteiger partial charge in [-0.1, -0.05) is 0 Å². The van der Waals surface area contributed by atoms with Gasteiger partial charge >= 0.3 is 0 Å². The third kappa shape index (κ3) is 4.66. The predicted molar refractivity (Wildman–Crippen MR) is 47.4 cm³/mol. The molecule has 0 bridgehead atoms. The Hall–Kier alpha value is -0.170. The molecule has 0 fully saturated rings. The molecule has 6 heteroatoms. The summed E-state index contributed by atoms with van der Waals surface area (Å²) < 4.78 is 23.4. The SMILES string of the molecule is CN(C)S(=O)(=O)CCNCCO. The molecule has 74 valence electrons. The Kier molecular flexibility index (Phi) is 5.39. The van der Waals surface area contributed by atoms with E-state index in [-0.39, 0.29) is 12.4 Å². The number of nitrogens with zero attached hydrogens (tertiary/aromatic N) is 1. The van der Waals surface area contributed by atoms with Gasteiger partial charge in [0.2, 0.25) is 10.0 Å². The summed E-state index contributed by atoms with van der Waals surface area (Å²) in [5.74, 6) is 0.0694. The Bertz CT molecular complexity index is 201. The van der Waals surface area contributed by atoms with E-state index in [1.807, 2.05) is 0 Å². The number of rotatable bonds is 6. The summed E-state index contributed by atoms with van der Waals surface area (Å²) in [5.41, 5.74) is 0. The Morgan fingerprint density at radius 3 is 2.33 bits per heavy atom. The maximum Gasteiger partial charge on any atom is 0.214 e. The van der Waals surface area contributed by atoms with Crippen LogP contribution in [0.5, 0.6) is 0 Å². The first-order valence-corrected chi connectivity index (χ1v) is 5.33. The monoisotopic (exact) mass is 196 g/mol. The van der Waals surface area contributed by atoms with Crippen LogP contribution in [-0.4, -0.2) is 57.4 Å². The minimum absolute atomic E-state index is 0.0298. The third-order valence-corrected chi connectivity index (χ3v) is 3.21. The van der Waals surface area contributed by atoms with Crippen LogP contribution >= 0.6 is 0 Å². The van der Waals surface area contributed by atoms with Crippen molar-refractivity contribution in [3.8, 4) is 0 Å². The molecular weight excluding hydrogens is 180 g/mol. The van der Waals surface area contributed by atoms with Crippen molar-refractivity contribution >= 4 is 10.0 Å². The van der Waals surface area contributed by atoms with E-state index >= 15 is 0 Å². The summed E-state index contributed by atoms with van der Waals surface area (Å²) >= 11 is 0. The molecule has 0 aromatic heterocycles. The third-order valence-electron chi connectivity index (χ3n) is 1.38. The van der Waals surface area contributed by atoms with Gasteiger partial charge in [-0.25, -0.2) is 12.7 Å². The summed E-state index contributed by atoms with van der Waals surface area (Å²) in [7, 11) is -0.0867. The van der Waals surface area contributed by atoms with Crippen molar-refractivity contribution in [2.75, 3.05) is 39.5 Å². The molecule has 0 radical (unpaired) electrons. The Balaban J connectivity index is 3.63. The molecule has 0 saturated heterocycles. The van der Waals surface area contributed by atoms with Gasteiger partial charge in [-0.05, 0) is 0 Å². The maximum absolute atomic E-state index is 11.1. The Morgan fingerprint density at radius 1 is 1.33 bits per heavy atom. The first-order valence-electron chi connectivity index (χ1n) is 3.72. The van der Waals surface area contributed by atoms with Gasteiger partial charge in [0, 0.05) is 27.2 Å². The molecule has 0 unspecified atom stereocenters. The highest BCUT2D eigenvalue weighted by atomic mass is 32.2. The van der Waals surface area contributed by atoms with Crippen molar-refractivity contribution in [1.29, 1.82) is 0 Å². The fourth-order valence-corrected chi connectivity index (χ4v) is 1.36. The number of nitrogens with one attached hydrogen (secondary N) is 1. The van der Waals surface area contributed by atoms with Gasteiger partial charge in [0.15, 0.2) is 0 Å². The van der Waals surface area contributed by atoms with Crippen LogP contribution in [0.3, 0.4) is 0 Å². The molecule has 0 aliphatic heterocycles. The van der Waals surface area contributed by atoms with Crippen molar-refractivity contribution < 1.29 is 13.5 Å². The lowest BCUT2D eigenvalue weighted by atomic mass is 10.6. The van der Waals surface area contributed by atoms with Crippen LogP contribution in [0.4, 0.5) is 0 Å². The number of hydrogen-bond acceptors (Lipinski definition) is 4. The lowest BCUT2D eigenvalue weighted by molar-refractivity contribution is 0.293. The summed E-state index contributed by atoms with van der Waals surface area (Å²) in [5, 5.41) is 11.2. The molecule has 0 atom stereocenters. The quantitative estimate of drug-likeness (QED) is 0.505. The van der Waals surface area contributed by atoms with E-state index in [0.29, 0.717) is 13.1 Å². The van der Waals surface area contributed by atoms with Crippen LogP contribution < -0.4 is 5.32 Å². The minimum atomic E-state index is -3.09. The molecular formula is C6H16N2O3S. The molecule has 5 nitrogen and oxygen atoms in total. The minimum Gasteiger partial charge on any atom is -0.395 e. The molecule has 0 saturated carbocycles. The second-order valence-electron chi connectivity index (χ2n) is 2.57. The van der Waals surface area contributed by atoms with Gasteiger partial charge in [-0.15, -0.1) is 0 Å². The maximum atomic E-state index is 11.1. The highest BCUT2D eigenvalue weighted by Gasteiger charge is 2.11. The number of sulfonamides is 1. The van der Waals surface area contributed by atoms with Crippen LogP contribution in [0, 0.1) is 0 Å². The highest BCUT2D eigenvalue weighted by Crippen LogP contribution is 1.91. The second-order valence-corrected chi connectivity index (χ2v) is 4.87. The smallest absolute Gasteiger partial charge is 0.214 e. The van der Waals surface area contributed by atoms with Crippen LogP contribution in [-0.2, 0) is 10.0 Å². The summed E-state index contributed by atoms with van der Waals surface area (Å²) in [6.07, 6.45) is 0. The van der Waals surface area contributed by atoms with Gasteiger partial charge in [0.1, 0.15) is 0 Å². The number of hydrogen-bond donors (Lipinski definition) is 2. The van der Waals surface area contributed by atoms with E-state index < -0.39 is 10.0 Å². The van der Waals surface area contributed by atoms with Crippen LogP contribution in [0.2, 0.25) is 0 Å². The zero-order valence-electron chi connectivity index (χ0n) is 7.45. The van der Waals surface area contributed by atoms with Crippen molar-refractivity contribution in [3.05, 3.63) is 0 Å². The van der Waals surface area contributed by atoms with Gasteiger partial charge in [-0.2, -0.15) is 0 Å².